The smallest absolute Gasteiger partial charge is 0.410 e. The largest absolute Gasteiger partial charge is 0.444 e. The van der Waals surface area contributed by atoms with E-state index in [1.165, 1.54) is 0 Å². The maximum absolute atomic E-state index is 12.7. The van der Waals surface area contributed by atoms with E-state index in [0.717, 1.165) is 12.2 Å². The molecule has 2 heterocycles. The molecule has 1 unspecified atom stereocenters. The zero-order chi connectivity index (χ0) is 19.8. The SMILES string of the molecule is CC(C)(C)OC(=O)N1CC(CO[Si](C)(C)C(C)(C)C)C[C@H]1c1ncc[nH]1. The first-order valence-corrected chi connectivity index (χ1v) is 12.3. The fourth-order valence-corrected chi connectivity index (χ4v) is 3.91. The Labute approximate surface area is 158 Å². The summed E-state index contributed by atoms with van der Waals surface area (Å²) in [6, 6.07) is -0.0899. The Balaban J connectivity index is 2.09. The number of aromatic nitrogens is 2. The Hall–Kier alpha value is -1.34. The van der Waals surface area contributed by atoms with Gasteiger partial charge < -0.3 is 14.1 Å². The van der Waals surface area contributed by atoms with Crippen molar-refractivity contribution < 1.29 is 14.0 Å². The summed E-state index contributed by atoms with van der Waals surface area (Å²) in [7, 11) is -1.81. The summed E-state index contributed by atoms with van der Waals surface area (Å²) in [5.41, 5.74) is -0.513. The number of rotatable bonds is 4. The van der Waals surface area contributed by atoms with Crippen LogP contribution < -0.4 is 0 Å². The van der Waals surface area contributed by atoms with Gasteiger partial charge in [-0.1, -0.05) is 20.8 Å². The van der Waals surface area contributed by atoms with Gasteiger partial charge in [0.25, 0.3) is 0 Å². The minimum atomic E-state index is -1.81. The van der Waals surface area contributed by atoms with Crippen LogP contribution in [0.5, 0.6) is 0 Å². The van der Waals surface area contributed by atoms with E-state index in [2.05, 4.69) is 43.8 Å². The number of carbonyl (C=O) groups is 1. The van der Waals surface area contributed by atoms with Gasteiger partial charge in [0.15, 0.2) is 8.32 Å². The average Bonchev–Trinajstić information content (AvgIpc) is 3.11. The van der Waals surface area contributed by atoms with Gasteiger partial charge in [-0.15, -0.1) is 0 Å². The molecule has 1 aromatic heterocycles. The van der Waals surface area contributed by atoms with Crippen LogP contribution in [0.15, 0.2) is 12.4 Å². The zero-order valence-electron chi connectivity index (χ0n) is 17.5. The number of carbonyl (C=O) groups excluding carboxylic acids is 1. The van der Waals surface area contributed by atoms with Crippen molar-refractivity contribution in [2.45, 2.75) is 77.7 Å². The molecule has 7 heteroatoms. The van der Waals surface area contributed by atoms with E-state index in [1.54, 1.807) is 17.3 Å². The Bertz CT molecular complexity index is 603. The molecule has 1 saturated heterocycles. The van der Waals surface area contributed by atoms with E-state index in [0.29, 0.717) is 13.2 Å². The number of hydrogen-bond acceptors (Lipinski definition) is 4. The summed E-state index contributed by atoms with van der Waals surface area (Å²) in [6.07, 6.45) is 4.07. The molecule has 26 heavy (non-hydrogen) atoms. The molecule has 0 radical (unpaired) electrons. The molecule has 1 fully saturated rings. The number of amides is 1. The number of imidazole rings is 1. The molecule has 0 aromatic carbocycles. The highest BCUT2D eigenvalue weighted by atomic mass is 28.4. The molecule has 0 bridgehead atoms. The van der Waals surface area contributed by atoms with Crippen molar-refractivity contribution in [1.82, 2.24) is 14.9 Å². The van der Waals surface area contributed by atoms with Crippen LogP contribution in [0.25, 0.3) is 0 Å². The van der Waals surface area contributed by atoms with Crippen molar-refractivity contribution in [3.8, 4) is 0 Å². The second-order valence-corrected chi connectivity index (χ2v) is 14.6. The molecule has 2 atom stereocenters. The predicted octanol–water partition coefficient (Wildman–Crippen LogP) is 4.73. The van der Waals surface area contributed by atoms with Crippen LogP contribution in [0.2, 0.25) is 18.1 Å². The van der Waals surface area contributed by atoms with Crippen molar-refractivity contribution in [2.75, 3.05) is 13.2 Å². The van der Waals surface area contributed by atoms with Gasteiger partial charge in [-0.25, -0.2) is 9.78 Å². The number of aromatic amines is 1. The summed E-state index contributed by atoms with van der Waals surface area (Å²) in [6.45, 7) is 18.2. The first-order valence-electron chi connectivity index (χ1n) is 9.43. The summed E-state index contributed by atoms with van der Waals surface area (Å²) in [5.74, 6) is 1.09. The molecule has 2 rings (SSSR count). The van der Waals surface area contributed by atoms with Crippen LogP contribution in [-0.4, -0.2) is 48.0 Å². The summed E-state index contributed by atoms with van der Waals surface area (Å²) in [5, 5.41) is 0.177. The van der Waals surface area contributed by atoms with E-state index in [4.69, 9.17) is 9.16 Å². The van der Waals surface area contributed by atoms with Crippen LogP contribution in [-0.2, 0) is 9.16 Å². The third kappa shape index (κ3) is 5.10. The summed E-state index contributed by atoms with van der Waals surface area (Å²) in [4.78, 5) is 22.0. The van der Waals surface area contributed by atoms with Crippen LogP contribution in [0.4, 0.5) is 4.79 Å². The first-order chi connectivity index (χ1) is 11.8. The monoisotopic (exact) mass is 381 g/mol. The molecule has 0 spiro atoms. The van der Waals surface area contributed by atoms with Gasteiger partial charge >= 0.3 is 6.09 Å². The van der Waals surface area contributed by atoms with Gasteiger partial charge in [0.2, 0.25) is 0 Å². The molecule has 1 N–H and O–H groups in total. The third-order valence-corrected chi connectivity index (χ3v) is 9.84. The molecule has 0 aliphatic carbocycles. The van der Waals surface area contributed by atoms with E-state index in [9.17, 15) is 4.79 Å². The number of likely N-dealkylation sites (tertiary alicyclic amines) is 1. The molecule has 1 amide bonds. The fraction of sp³-hybridized carbons (Fsp3) is 0.789. The molecule has 6 nitrogen and oxygen atoms in total. The Kier molecular flexibility index (Phi) is 5.92. The van der Waals surface area contributed by atoms with E-state index >= 15 is 0 Å². The maximum Gasteiger partial charge on any atom is 0.410 e. The van der Waals surface area contributed by atoms with Gasteiger partial charge in [0.05, 0.1) is 6.04 Å². The number of ether oxygens (including phenoxy) is 1. The van der Waals surface area contributed by atoms with E-state index < -0.39 is 13.9 Å². The molecule has 148 valence electrons. The minimum absolute atomic E-state index is 0.0899. The van der Waals surface area contributed by atoms with Gasteiger partial charge in [-0.05, 0) is 45.3 Å². The van der Waals surface area contributed by atoms with Crippen LogP contribution in [0, 0.1) is 5.92 Å². The lowest BCUT2D eigenvalue weighted by atomic mass is 10.1. The average molecular weight is 382 g/mol. The Morgan fingerprint density at radius 2 is 1.96 bits per heavy atom. The standard InChI is InChI=1S/C19H35N3O3Si/c1-18(2,3)25-17(23)22-12-14(11-15(22)16-20-9-10-21-16)13-24-26(7,8)19(4,5)6/h9-10,14-15H,11-13H2,1-8H3,(H,20,21)/t14?,15-/m0/s1. The van der Waals surface area contributed by atoms with Crippen molar-refractivity contribution in [2.24, 2.45) is 5.92 Å². The minimum Gasteiger partial charge on any atom is -0.444 e. The molecular formula is C19H35N3O3Si. The highest BCUT2D eigenvalue weighted by Crippen LogP contribution is 2.39. The highest BCUT2D eigenvalue weighted by Gasteiger charge is 2.42. The number of nitrogens with one attached hydrogen (secondary N) is 1. The number of H-pyrrole nitrogens is 1. The summed E-state index contributed by atoms with van der Waals surface area (Å²) >= 11 is 0. The van der Waals surface area contributed by atoms with E-state index in [1.807, 2.05) is 20.8 Å². The maximum atomic E-state index is 12.7. The van der Waals surface area contributed by atoms with Gasteiger partial charge in [0, 0.05) is 31.5 Å². The van der Waals surface area contributed by atoms with Crippen molar-refractivity contribution in [3.63, 3.8) is 0 Å². The highest BCUT2D eigenvalue weighted by molar-refractivity contribution is 6.74. The predicted molar refractivity (Wildman–Crippen MR) is 106 cm³/mol. The van der Waals surface area contributed by atoms with Crippen molar-refractivity contribution in [1.29, 1.82) is 0 Å². The summed E-state index contributed by atoms with van der Waals surface area (Å²) < 4.78 is 12.0. The molecule has 1 aliphatic heterocycles. The number of hydrogen-bond donors (Lipinski definition) is 1. The molecular weight excluding hydrogens is 346 g/mol. The second-order valence-electron chi connectivity index (χ2n) is 9.80. The molecule has 1 aliphatic rings. The second kappa shape index (κ2) is 7.35. The third-order valence-electron chi connectivity index (χ3n) is 5.34. The lowest BCUT2D eigenvalue weighted by Crippen LogP contribution is -2.42. The topological polar surface area (TPSA) is 67.4 Å². The van der Waals surface area contributed by atoms with Crippen LogP contribution in [0.3, 0.4) is 0 Å². The van der Waals surface area contributed by atoms with Gasteiger partial charge in [0.1, 0.15) is 11.4 Å². The van der Waals surface area contributed by atoms with Crippen molar-refractivity contribution >= 4 is 14.4 Å². The molecule has 0 saturated carbocycles. The van der Waals surface area contributed by atoms with Gasteiger partial charge in [-0.3, -0.25) is 4.90 Å². The van der Waals surface area contributed by atoms with Crippen molar-refractivity contribution in [3.05, 3.63) is 18.2 Å². The van der Waals surface area contributed by atoms with Crippen LogP contribution >= 0.6 is 0 Å². The Morgan fingerprint density at radius 1 is 1.31 bits per heavy atom. The lowest BCUT2D eigenvalue weighted by Gasteiger charge is -2.37. The first kappa shape index (κ1) is 21.0. The van der Waals surface area contributed by atoms with E-state index in [-0.39, 0.29) is 23.1 Å². The number of nitrogens with zero attached hydrogens (tertiary/aromatic N) is 2. The van der Waals surface area contributed by atoms with Crippen LogP contribution in [0.1, 0.15) is 59.8 Å². The quantitative estimate of drug-likeness (QED) is 0.766. The normalized spacial score (nSPS) is 21.9. The van der Waals surface area contributed by atoms with Gasteiger partial charge in [-0.2, -0.15) is 0 Å². The fourth-order valence-electron chi connectivity index (χ4n) is 2.83. The lowest BCUT2D eigenvalue weighted by molar-refractivity contribution is 0.0211. The molecule has 1 aromatic rings. The zero-order valence-corrected chi connectivity index (χ0v) is 18.5. The Morgan fingerprint density at radius 3 is 2.46 bits per heavy atom.